The van der Waals surface area contributed by atoms with E-state index in [0.717, 1.165) is 19.3 Å². The van der Waals surface area contributed by atoms with Crippen LogP contribution in [0.1, 0.15) is 38.2 Å². The minimum atomic E-state index is -0.395. The Hall–Kier alpha value is -2.48. The lowest BCUT2D eigenvalue weighted by Crippen LogP contribution is -2.41. The summed E-state index contributed by atoms with van der Waals surface area (Å²) in [5.74, 6) is -0.507. The van der Waals surface area contributed by atoms with Crippen molar-refractivity contribution in [3.63, 3.8) is 0 Å². The van der Waals surface area contributed by atoms with Gasteiger partial charge in [-0.3, -0.25) is 4.79 Å². The Morgan fingerprint density at radius 2 is 2.05 bits per heavy atom. The van der Waals surface area contributed by atoms with Gasteiger partial charge in [0.25, 0.3) is 5.91 Å². The Labute approximate surface area is 129 Å². The van der Waals surface area contributed by atoms with E-state index in [2.05, 4.69) is 12.2 Å². The smallest absolute Gasteiger partial charge is 0.262 e. The van der Waals surface area contributed by atoms with Crippen molar-refractivity contribution in [2.75, 3.05) is 0 Å². The van der Waals surface area contributed by atoms with Crippen LogP contribution < -0.4 is 5.32 Å². The Morgan fingerprint density at radius 3 is 2.68 bits per heavy atom. The average molecular weight is 300 g/mol. The largest absolute Gasteiger partial charge is 0.504 e. The van der Waals surface area contributed by atoms with Crippen molar-refractivity contribution >= 4 is 12.0 Å². The van der Waals surface area contributed by atoms with Crippen molar-refractivity contribution in [2.45, 2.75) is 38.6 Å². The molecule has 0 heterocycles. The minimum Gasteiger partial charge on any atom is -0.504 e. The quantitative estimate of drug-likeness (QED) is 0.454. The summed E-state index contributed by atoms with van der Waals surface area (Å²) in [7, 11) is 0. The summed E-state index contributed by atoms with van der Waals surface area (Å²) < 4.78 is 0. The lowest BCUT2D eigenvalue weighted by Gasteiger charge is -2.29. The van der Waals surface area contributed by atoms with Crippen LogP contribution in [0.2, 0.25) is 0 Å². The molecule has 3 N–H and O–H groups in total. The van der Waals surface area contributed by atoms with Crippen LogP contribution in [0, 0.1) is 17.2 Å². The van der Waals surface area contributed by atoms with Gasteiger partial charge in [-0.15, -0.1) is 0 Å². The maximum absolute atomic E-state index is 12.2. The van der Waals surface area contributed by atoms with Crippen molar-refractivity contribution in [1.29, 1.82) is 5.26 Å². The number of rotatable bonds is 3. The predicted molar refractivity (Wildman–Crippen MR) is 82.9 cm³/mol. The van der Waals surface area contributed by atoms with E-state index in [0.29, 0.717) is 11.5 Å². The van der Waals surface area contributed by atoms with Gasteiger partial charge in [-0.2, -0.15) is 5.26 Å². The van der Waals surface area contributed by atoms with Gasteiger partial charge < -0.3 is 15.5 Å². The van der Waals surface area contributed by atoms with Crippen LogP contribution in [0.25, 0.3) is 6.08 Å². The van der Waals surface area contributed by atoms with Crippen LogP contribution in [-0.2, 0) is 4.79 Å². The first kappa shape index (κ1) is 15.9. The van der Waals surface area contributed by atoms with Gasteiger partial charge in [0.1, 0.15) is 11.6 Å². The fourth-order valence-corrected chi connectivity index (χ4v) is 2.72. The maximum atomic E-state index is 12.2. The normalized spacial score (nSPS) is 21.9. The first-order chi connectivity index (χ1) is 10.5. The number of phenolic OH excluding ortho intramolecular Hbond substituents is 2. The monoisotopic (exact) mass is 300 g/mol. The summed E-state index contributed by atoms with van der Waals surface area (Å²) in [4.78, 5) is 12.2. The van der Waals surface area contributed by atoms with E-state index >= 15 is 0 Å². The number of carbonyl (C=O) groups excluding carboxylic acids is 1. The average Bonchev–Trinajstić information content (AvgIpc) is 2.50. The first-order valence-electron chi connectivity index (χ1n) is 7.46. The number of hydrogen-bond donors (Lipinski definition) is 3. The number of amides is 1. The topological polar surface area (TPSA) is 93.4 Å². The van der Waals surface area contributed by atoms with Gasteiger partial charge in [-0.25, -0.2) is 0 Å². The minimum absolute atomic E-state index is 0.0112. The van der Waals surface area contributed by atoms with E-state index in [1.54, 1.807) is 0 Å². The molecule has 0 saturated heterocycles. The Morgan fingerprint density at radius 1 is 1.32 bits per heavy atom. The second-order valence-electron chi connectivity index (χ2n) is 5.76. The van der Waals surface area contributed by atoms with E-state index in [1.165, 1.54) is 30.7 Å². The van der Waals surface area contributed by atoms with Gasteiger partial charge in [-0.05, 0) is 42.5 Å². The lowest BCUT2D eigenvalue weighted by molar-refractivity contribution is -0.118. The molecular weight excluding hydrogens is 280 g/mol. The molecule has 5 heteroatoms. The summed E-state index contributed by atoms with van der Waals surface area (Å²) in [5.41, 5.74) is 0.474. The Balaban J connectivity index is 2.13. The summed E-state index contributed by atoms with van der Waals surface area (Å²) in [6.07, 6.45) is 5.70. The van der Waals surface area contributed by atoms with Crippen molar-refractivity contribution in [3.8, 4) is 17.6 Å². The van der Waals surface area contributed by atoms with Gasteiger partial charge in [0.15, 0.2) is 11.5 Å². The molecule has 0 aromatic heterocycles. The SMILES string of the molecule is CC1CCCCC1NC(=O)/C(C#N)=C\c1ccc(O)c(O)c1. The zero-order valence-electron chi connectivity index (χ0n) is 12.5. The summed E-state index contributed by atoms with van der Waals surface area (Å²) in [5, 5.41) is 30.8. The summed E-state index contributed by atoms with van der Waals surface area (Å²) in [6, 6.07) is 6.15. The molecule has 0 bridgehead atoms. The fraction of sp³-hybridized carbons (Fsp3) is 0.412. The number of aromatic hydroxyl groups is 2. The molecule has 0 radical (unpaired) electrons. The number of carbonyl (C=O) groups is 1. The number of hydrogen-bond acceptors (Lipinski definition) is 4. The molecule has 1 amide bonds. The molecule has 0 aliphatic heterocycles. The second kappa shape index (κ2) is 6.99. The molecule has 116 valence electrons. The van der Waals surface area contributed by atoms with Crippen LogP contribution in [0.5, 0.6) is 11.5 Å². The van der Waals surface area contributed by atoms with Crippen molar-refractivity contribution in [2.24, 2.45) is 5.92 Å². The number of nitriles is 1. The number of phenols is 2. The highest BCUT2D eigenvalue weighted by molar-refractivity contribution is 6.01. The highest BCUT2D eigenvalue weighted by Gasteiger charge is 2.24. The third-order valence-electron chi connectivity index (χ3n) is 4.10. The van der Waals surface area contributed by atoms with Gasteiger partial charge in [0.2, 0.25) is 0 Å². The molecule has 1 fully saturated rings. The molecule has 5 nitrogen and oxygen atoms in total. The Kier molecular flexibility index (Phi) is 5.05. The molecule has 2 atom stereocenters. The summed E-state index contributed by atoms with van der Waals surface area (Å²) >= 11 is 0. The predicted octanol–water partition coefficient (Wildman–Crippen LogP) is 2.70. The standard InChI is InChI=1S/C17H20N2O3/c1-11-4-2-3-5-14(11)19-17(22)13(10-18)8-12-6-7-15(20)16(21)9-12/h6-9,11,14,20-21H,2-5H2,1H3,(H,19,22)/b13-8-. The van der Waals surface area contributed by atoms with E-state index in [9.17, 15) is 20.3 Å². The van der Waals surface area contributed by atoms with Crippen LogP contribution in [0.4, 0.5) is 0 Å². The number of benzene rings is 1. The third kappa shape index (κ3) is 3.79. The third-order valence-corrected chi connectivity index (χ3v) is 4.10. The van der Waals surface area contributed by atoms with Crippen LogP contribution >= 0.6 is 0 Å². The second-order valence-corrected chi connectivity index (χ2v) is 5.76. The fourth-order valence-electron chi connectivity index (χ4n) is 2.72. The molecule has 1 aliphatic rings. The van der Waals surface area contributed by atoms with Gasteiger partial charge in [-0.1, -0.05) is 25.8 Å². The molecule has 1 aliphatic carbocycles. The van der Waals surface area contributed by atoms with E-state index < -0.39 is 5.91 Å². The van der Waals surface area contributed by atoms with Gasteiger partial charge >= 0.3 is 0 Å². The molecule has 0 spiro atoms. The summed E-state index contributed by atoms with van der Waals surface area (Å²) in [6.45, 7) is 2.11. The van der Waals surface area contributed by atoms with E-state index in [1.807, 2.05) is 6.07 Å². The zero-order chi connectivity index (χ0) is 16.1. The van der Waals surface area contributed by atoms with Crippen molar-refractivity contribution in [3.05, 3.63) is 29.3 Å². The van der Waals surface area contributed by atoms with Crippen molar-refractivity contribution < 1.29 is 15.0 Å². The maximum Gasteiger partial charge on any atom is 0.262 e. The Bertz CT molecular complexity index is 631. The van der Waals surface area contributed by atoms with Crippen LogP contribution in [0.3, 0.4) is 0 Å². The van der Waals surface area contributed by atoms with E-state index in [-0.39, 0.29) is 23.1 Å². The molecular formula is C17H20N2O3. The lowest BCUT2D eigenvalue weighted by atomic mass is 9.86. The van der Waals surface area contributed by atoms with Gasteiger partial charge in [0.05, 0.1) is 0 Å². The number of nitrogens with one attached hydrogen (secondary N) is 1. The number of nitrogens with zero attached hydrogens (tertiary/aromatic N) is 1. The molecule has 22 heavy (non-hydrogen) atoms. The van der Waals surface area contributed by atoms with Crippen LogP contribution in [-0.4, -0.2) is 22.2 Å². The highest BCUT2D eigenvalue weighted by atomic mass is 16.3. The molecule has 1 saturated carbocycles. The molecule has 2 rings (SSSR count). The molecule has 1 aromatic carbocycles. The molecule has 1 aromatic rings. The molecule has 2 unspecified atom stereocenters. The highest BCUT2D eigenvalue weighted by Crippen LogP contribution is 2.26. The zero-order valence-corrected chi connectivity index (χ0v) is 12.5. The first-order valence-corrected chi connectivity index (χ1v) is 7.46. The van der Waals surface area contributed by atoms with E-state index in [4.69, 9.17) is 0 Å². The van der Waals surface area contributed by atoms with Gasteiger partial charge in [0, 0.05) is 6.04 Å². The van der Waals surface area contributed by atoms with Crippen LogP contribution in [0.15, 0.2) is 23.8 Å². The van der Waals surface area contributed by atoms with Crippen molar-refractivity contribution in [1.82, 2.24) is 5.32 Å².